The molecule has 0 aromatic heterocycles. The molecule has 24 heavy (non-hydrogen) atoms. The Bertz CT molecular complexity index is 692. The summed E-state index contributed by atoms with van der Waals surface area (Å²) in [6, 6.07) is 7.07. The fraction of sp³-hybridized carbons (Fsp3) is 0.500. The van der Waals surface area contributed by atoms with Crippen molar-refractivity contribution >= 4 is 29.1 Å². The van der Waals surface area contributed by atoms with Gasteiger partial charge in [0.2, 0.25) is 11.8 Å². The highest BCUT2D eigenvalue weighted by Crippen LogP contribution is 2.29. The molecule has 126 valence electrons. The van der Waals surface area contributed by atoms with Crippen LogP contribution in [0.3, 0.4) is 0 Å². The van der Waals surface area contributed by atoms with Gasteiger partial charge in [-0.25, -0.2) is 0 Å². The number of nitrogens with zero attached hydrogens (tertiary/aromatic N) is 2. The fourth-order valence-electron chi connectivity index (χ4n) is 3.58. The fourth-order valence-corrected chi connectivity index (χ4v) is 3.80. The van der Waals surface area contributed by atoms with Crippen LogP contribution in [0.25, 0.3) is 0 Å². The van der Waals surface area contributed by atoms with Gasteiger partial charge in [-0.1, -0.05) is 30.9 Å². The van der Waals surface area contributed by atoms with Crippen molar-refractivity contribution in [2.24, 2.45) is 5.92 Å². The Balaban J connectivity index is 1.62. The molecule has 3 rings (SSSR count). The van der Waals surface area contributed by atoms with E-state index in [4.69, 9.17) is 16.9 Å². The van der Waals surface area contributed by atoms with Crippen molar-refractivity contribution in [3.63, 3.8) is 0 Å². The summed E-state index contributed by atoms with van der Waals surface area (Å²) in [4.78, 5) is 26.6. The summed E-state index contributed by atoms with van der Waals surface area (Å²) in [5.74, 6) is -0.406. The van der Waals surface area contributed by atoms with Gasteiger partial charge in [0, 0.05) is 24.7 Å². The van der Waals surface area contributed by atoms with Crippen LogP contribution in [-0.2, 0) is 9.59 Å². The Morgan fingerprint density at radius 2 is 2.04 bits per heavy atom. The van der Waals surface area contributed by atoms with Crippen LogP contribution in [0.4, 0.5) is 5.69 Å². The molecule has 0 spiro atoms. The molecule has 1 unspecified atom stereocenters. The van der Waals surface area contributed by atoms with Crippen molar-refractivity contribution in [1.29, 1.82) is 5.26 Å². The predicted molar refractivity (Wildman–Crippen MR) is 91.5 cm³/mol. The van der Waals surface area contributed by atoms with Gasteiger partial charge in [-0.05, 0) is 31.0 Å². The summed E-state index contributed by atoms with van der Waals surface area (Å²) < 4.78 is 0. The normalized spacial score (nSPS) is 21.6. The van der Waals surface area contributed by atoms with Crippen molar-refractivity contribution < 1.29 is 9.59 Å². The molecular weight excluding hydrogens is 326 g/mol. The summed E-state index contributed by atoms with van der Waals surface area (Å²) in [6.07, 6.45) is 5.93. The maximum absolute atomic E-state index is 12.5. The zero-order chi connectivity index (χ0) is 17.1. The van der Waals surface area contributed by atoms with Crippen molar-refractivity contribution in [1.82, 2.24) is 4.90 Å². The molecule has 1 aliphatic heterocycles. The number of nitrogens with one attached hydrogen (secondary N) is 1. The predicted octanol–water partition coefficient (Wildman–Crippen LogP) is 3.33. The van der Waals surface area contributed by atoms with Crippen LogP contribution in [0.2, 0.25) is 5.02 Å². The lowest BCUT2D eigenvalue weighted by Crippen LogP contribution is -2.38. The number of halogens is 1. The SMILES string of the molecule is N#Cc1ccc(NC(=O)C2CC(=O)N(C3CCCCC3)C2)cc1Cl. The third kappa shape index (κ3) is 3.54. The van der Waals surface area contributed by atoms with E-state index in [1.54, 1.807) is 18.2 Å². The van der Waals surface area contributed by atoms with E-state index in [-0.39, 0.29) is 24.2 Å². The van der Waals surface area contributed by atoms with Gasteiger partial charge in [-0.2, -0.15) is 5.26 Å². The third-order valence-electron chi connectivity index (χ3n) is 4.90. The van der Waals surface area contributed by atoms with E-state index in [2.05, 4.69) is 5.32 Å². The number of anilines is 1. The highest BCUT2D eigenvalue weighted by Gasteiger charge is 2.38. The first kappa shape index (κ1) is 16.8. The Labute approximate surface area is 146 Å². The molecule has 1 aromatic rings. The highest BCUT2D eigenvalue weighted by molar-refractivity contribution is 6.32. The minimum absolute atomic E-state index is 0.0833. The average molecular weight is 346 g/mol. The van der Waals surface area contributed by atoms with Gasteiger partial charge in [-0.3, -0.25) is 9.59 Å². The quantitative estimate of drug-likeness (QED) is 0.913. The van der Waals surface area contributed by atoms with Gasteiger partial charge in [-0.15, -0.1) is 0 Å². The van der Waals surface area contributed by atoms with Crippen molar-refractivity contribution in [2.45, 2.75) is 44.6 Å². The molecule has 5 nitrogen and oxygen atoms in total. The van der Waals surface area contributed by atoms with E-state index in [9.17, 15) is 9.59 Å². The van der Waals surface area contributed by atoms with Crippen molar-refractivity contribution in [3.05, 3.63) is 28.8 Å². The number of carbonyl (C=O) groups excluding carboxylic acids is 2. The summed E-state index contributed by atoms with van der Waals surface area (Å²) in [6.45, 7) is 0.499. The third-order valence-corrected chi connectivity index (χ3v) is 5.21. The van der Waals surface area contributed by atoms with E-state index >= 15 is 0 Å². The molecule has 0 radical (unpaired) electrons. The summed E-state index contributed by atoms with van der Waals surface area (Å²) in [5, 5.41) is 12.0. The Kier molecular flexibility index (Phi) is 5.06. The molecular formula is C18H20ClN3O2. The first-order chi connectivity index (χ1) is 11.6. The molecule has 1 heterocycles. The number of likely N-dealkylation sites (tertiary alicyclic amines) is 1. The zero-order valence-corrected chi connectivity index (χ0v) is 14.2. The second kappa shape index (κ2) is 7.23. The first-order valence-corrected chi connectivity index (χ1v) is 8.76. The van der Waals surface area contributed by atoms with Gasteiger partial charge in [0.05, 0.1) is 16.5 Å². The number of hydrogen-bond donors (Lipinski definition) is 1. The molecule has 1 atom stereocenters. The van der Waals surface area contributed by atoms with Gasteiger partial charge >= 0.3 is 0 Å². The lowest BCUT2D eigenvalue weighted by atomic mass is 9.94. The molecule has 2 fully saturated rings. The molecule has 2 aliphatic rings. The maximum Gasteiger partial charge on any atom is 0.229 e. The average Bonchev–Trinajstić information content (AvgIpc) is 2.98. The van der Waals surface area contributed by atoms with Gasteiger partial charge in [0.1, 0.15) is 6.07 Å². The Morgan fingerprint density at radius 1 is 1.29 bits per heavy atom. The van der Waals surface area contributed by atoms with Crippen LogP contribution in [-0.4, -0.2) is 29.3 Å². The lowest BCUT2D eigenvalue weighted by molar-refractivity contribution is -0.130. The van der Waals surface area contributed by atoms with Crippen molar-refractivity contribution in [2.75, 3.05) is 11.9 Å². The smallest absolute Gasteiger partial charge is 0.229 e. The van der Waals surface area contributed by atoms with Crippen LogP contribution in [0, 0.1) is 17.2 Å². The molecule has 1 saturated carbocycles. The molecule has 1 N–H and O–H groups in total. The number of rotatable bonds is 3. The number of hydrogen-bond acceptors (Lipinski definition) is 3. The number of nitriles is 1. The molecule has 6 heteroatoms. The van der Waals surface area contributed by atoms with Gasteiger partial charge < -0.3 is 10.2 Å². The zero-order valence-electron chi connectivity index (χ0n) is 13.4. The monoisotopic (exact) mass is 345 g/mol. The largest absolute Gasteiger partial charge is 0.339 e. The van der Waals surface area contributed by atoms with Crippen LogP contribution in [0.5, 0.6) is 0 Å². The molecule has 0 bridgehead atoms. The lowest BCUT2D eigenvalue weighted by Gasteiger charge is -2.31. The Morgan fingerprint density at radius 3 is 2.71 bits per heavy atom. The second-order valence-electron chi connectivity index (χ2n) is 6.53. The Hall–Kier alpha value is -2.06. The van der Waals surface area contributed by atoms with E-state index in [1.165, 1.54) is 6.42 Å². The van der Waals surface area contributed by atoms with Gasteiger partial charge in [0.25, 0.3) is 0 Å². The first-order valence-electron chi connectivity index (χ1n) is 8.38. The summed E-state index contributed by atoms with van der Waals surface area (Å²) >= 11 is 5.98. The standard InChI is InChI=1S/C18H20ClN3O2/c19-16-9-14(7-6-12(16)10-20)21-18(24)13-8-17(23)22(11-13)15-4-2-1-3-5-15/h6-7,9,13,15H,1-5,8,11H2,(H,21,24). The summed E-state index contributed by atoms with van der Waals surface area (Å²) in [7, 11) is 0. The van der Waals surface area contributed by atoms with Crippen LogP contribution in [0.15, 0.2) is 18.2 Å². The second-order valence-corrected chi connectivity index (χ2v) is 6.94. The minimum atomic E-state index is -0.325. The van der Waals surface area contributed by atoms with E-state index in [0.29, 0.717) is 28.9 Å². The van der Waals surface area contributed by atoms with E-state index in [0.717, 1.165) is 25.7 Å². The van der Waals surface area contributed by atoms with E-state index < -0.39 is 0 Å². The molecule has 1 saturated heterocycles. The summed E-state index contributed by atoms with van der Waals surface area (Å²) in [5.41, 5.74) is 0.918. The van der Waals surface area contributed by atoms with Crippen LogP contribution in [0.1, 0.15) is 44.1 Å². The van der Waals surface area contributed by atoms with Gasteiger partial charge in [0.15, 0.2) is 0 Å². The van der Waals surface area contributed by atoms with Crippen molar-refractivity contribution in [3.8, 4) is 6.07 Å². The number of carbonyl (C=O) groups is 2. The molecule has 2 amide bonds. The van der Waals surface area contributed by atoms with Crippen LogP contribution >= 0.6 is 11.6 Å². The maximum atomic E-state index is 12.5. The molecule has 1 aromatic carbocycles. The number of amides is 2. The van der Waals surface area contributed by atoms with Crippen LogP contribution < -0.4 is 5.32 Å². The molecule has 1 aliphatic carbocycles. The topological polar surface area (TPSA) is 73.2 Å². The highest BCUT2D eigenvalue weighted by atomic mass is 35.5. The van der Waals surface area contributed by atoms with E-state index in [1.807, 2.05) is 11.0 Å². The number of benzene rings is 1. The minimum Gasteiger partial charge on any atom is -0.339 e.